The average Bonchev–Trinajstić information content (AvgIpc) is 2.68. The molecular weight excluding hydrogens is 394 g/mol. The summed E-state index contributed by atoms with van der Waals surface area (Å²) >= 11 is 7.71. The summed E-state index contributed by atoms with van der Waals surface area (Å²) in [6, 6.07) is 8.46. The van der Waals surface area contributed by atoms with E-state index in [9.17, 15) is 13.2 Å². The Kier molecular flexibility index (Phi) is 5.86. The molecule has 0 saturated carbocycles. The minimum Gasteiger partial charge on any atom is -0.336 e. The molecule has 0 radical (unpaired) electrons. The molecule has 1 amide bonds. The van der Waals surface area contributed by atoms with Gasteiger partial charge in [-0.25, -0.2) is 8.42 Å². The Labute approximate surface area is 162 Å². The summed E-state index contributed by atoms with van der Waals surface area (Å²) in [5.74, 6) is -0.177. The number of nitrogens with zero attached hydrogens (tertiary/aromatic N) is 3. The predicted octanol–water partition coefficient (Wildman–Crippen LogP) is 2.60. The van der Waals surface area contributed by atoms with Gasteiger partial charge in [0.2, 0.25) is 10.0 Å². The Morgan fingerprint density at radius 2 is 1.92 bits per heavy atom. The second kappa shape index (κ2) is 7.96. The Balaban J connectivity index is 1.72. The van der Waals surface area contributed by atoms with E-state index in [0.29, 0.717) is 23.7 Å². The third-order valence-electron chi connectivity index (χ3n) is 4.20. The summed E-state index contributed by atoms with van der Waals surface area (Å²) in [7, 11) is -3.59. The van der Waals surface area contributed by atoms with Crippen molar-refractivity contribution in [3.8, 4) is 0 Å². The number of sulfonamides is 1. The van der Waals surface area contributed by atoms with Gasteiger partial charge in [-0.3, -0.25) is 9.78 Å². The Bertz CT molecular complexity index is 899. The van der Waals surface area contributed by atoms with E-state index in [-0.39, 0.29) is 23.9 Å². The van der Waals surface area contributed by atoms with Crippen molar-refractivity contribution < 1.29 is 13.2 Å². The number of benzene rings is 1. The molecule has 3 rings (SSSR count). The fourth-order valence-electron chi connectivity index (χ4n) is 2.75. The number of halogens is 1. The quantitative estimate of drug-likeness (QED) is 0.723. The number of hydrogen-bond donors (Lipinski definition) is 0. The second-order valence-electron chi connectivity index (χ2n) is 5.73. The Morgan fingerprint density at radius 3 is 2.54 bits per heavy atom. The number of carbonyl (C=O) groups is 1. The molecule has 2 aromatic rings. The highest BCUT2D eigenvalue weighted by atomic mass is 35.5. The molecule has 0 spiro atoms. The molecule has 1 fully saturated rings. The molecule has 1 aliphatic rings. The van der Waals surface area contributed by atoms with Crippen LogP contribution in [0.5, 0.6) is 0 Å². The first-order valence-corrected chi connectivity index (χ1v) is 11.0. The molecule has 6 nitrogen and oxygen atoms in total. The SMILES string of the molecule is CSc1ccc(Cl)c(C(=O)N2CCN(S(=O)(=O)c3cccnc3)CC2)c1. The topological polar surface area (TPSA) is 70.6 Å². The minimum absolute atomic E-state index is 0.162. The molecule has 1 aromatic carbocycles. The molecule has 1 aliphatic heterocycles. The van der Waals surface area contributed by atoms with Gasteiger partial charge in [0.05, 0.1) is 10.6 Å². The maximum Gasteiger partial charge on any atom is 0.255 e. The van der Waals surface area contributed by atoms with E-state index in [2.05, 4.69) is 4.98 Å². The molecule has 2 heterocycles. The lowest BCUT2D eigenvalue weighted by Crippen LogP contribution is -2.50. The van der Waals surface area contributed by atoms with Crippen molar-refractivity contribution >= 4 is 39.3 Å². The molecule has 1 aromatic heterocycles. The molecular formula is C17H18ClN3O3S2. The third kappa shape index (κ3) is 3.88. The number of amides is 1. The van der Waals surface area contributed by atoms with Crippen LogP contribution in [-0.4, -0.2) is 60.9 Å². The van der Waals surface area contributed by atoms with Gasteiger partial charge in [0.25, 0.3) is 5.91 Å². The largest absolute Gasteiger partial charge is 0.336 e. The number of piperazine rings is 1. The highest BCUT2D eigenvalue weighted by molar-refractivity contribution is 7.98. The maximum atomic E-state index is 12.8. The third-order valence-corrected chi connectivity index (χ3v) is 7.14. The number of pyridine rings is 1. The van der Waals surface area contributed by atoms with E-state index in [0.717, 1.165) is 4.90 Å². The van der Waals surface area contributed by atoms with Crippen molar-refractivity contribution in [1.82, 2.24) is 14.2 Å². The molecule has 1 saturated heterocycles. The van der Waals surface area contributed by atoms with Crippen LogP contribution in [0, 0.1) is 0 Å². The molecule has 0 atom stereocenters. The smallest absolute Gasteiger partial charge is 0.255 e. The first-order valence-electron chi connectivity index (χ1n) is 7.96. The van der Waals surface area contributed by atoms with Gasteiger partial charge in [0, 0.05) is 43.5 Å². The van der Waals surface area contributed by atoms with Gasteiger partial charge in [-0.15, -0.1) is 11.8 Å². The van der Waals surface area contributed by atoms with Gasteiger partial charge in [0.1, 0.15) is 4.90 Å². The van der Waals surface area contributed by atoms with Crippen LogP contribution in [0.1, 0.15) is 10.4 Å². The molecule has 0 bridgehead atoms. The summed E-state index contributed by atoms with van der Waals surface area (Å²) < 4.78 is 26.6. The predicted molar refractivity (Wildman–Crippen MR) is 102 cm³/mol. The van der Waals surface area contributed by atoms with E-state index in [1.54, 1.807) is 23.1 Å². The minimum atomic E-state index is -3.59. The molecule has 0 N–H and O–H groups in total. The number of rotatable bonds is 4. The normalized spacial score (nSPS) is 15.8. The zero-order chi connectivity index (χ0) is 18.7. The fourth-order valence-corrected chi connectivity index (χ4v) is 4.77. The van der Waals surface area contributed by atoms with Crippen LogP contribution in [0.25, 0.3) is 0 Å². The van der Waals surface area contributed by atoms with Crippen molar-refractivity contribution in [2.24, 2.45) is 0 Å². The standard InChI is InChI=1S/C17H18ClN3O3S2/c1-25-13-4-5-16(18)15(11-13)17(22)20-7-9-21(10-8-20)26(23,24)14-3-2-6-19-12-14/h2-6,11-12H,7-10H2,1H3. The lowest BCUT2D eigenvalue weighted by molar-refractivity contribution is 0.0698. The summed E-state index contributed by atoms with van der Waals surface area (Å²) in [5.41, 5.74) is 0.446. The summed E-state index contributed by atoms with van der Waals surface area (Å²) in [5, 5.41) is 0.401. The van der Waals surface area contributed by atoms with Crippen LogP contribution in [0.3, 0.4) is 0 Å². The highest BCUT2D eigenvalue weighted by Crippen LogP contribution is 2.25. The van der Waals surface area contributed by atoms with E-state index < -0.39 is 10.0 Å². The number of carbonyl (C=O) groups excluding carboxylic acids is 1. The van der Waals surface area contributed by atoms with Gasteiger partial charge < -0.3 is 4.90 Å². The first-order chi connectivity index (χ1) is 12.4. The van der Waals surface area contributed by atoms with Crippen LogP contribution in [0.2, 0.25) is 5.02 Å². The van der Waals surface area contributed by atoms with Crippen molar-refractivity contribution in [2.75, 3.05) is 32.4 Å². The van der Waals surface area contributed by atoms with Crippen molar-refractivity contribution in [3.63, 3.8) is 0 Å². The summed E-state index contributed by atoms with van der Waals surface area (Å²) in [6.07, 6.45) is 4.79. The highest BCUT2D eigenvalue weighted by Gasteiger charge is 2.31. The molecule has 138 valence electrons. The van der Waals surface area contributed by atoms with Gasteiger partial charge in [-0.2, -0.15) is 4.31 Å². The van der Waals surface area contributed by atoms with Gasteiger partial charge in [-0.05, 0) is 36.6 Å². The van der Waals surface area contributed by atoms with E-state index in [4.69, 9.17) is 11.6 Å². The summed E-state index contributed by atoms with van der Waals surface area (Å²) in [6.45, 7) is 1.11. The zero-order valence-corrected chi connectivity index (χ0v) is 16.5. The van der Waals surface area contributed by atoms with E-state index >= 15 is 0 Å². The maximum absolute atomic E-state index is 12.8. The zero-order valence-electron chi connectivity index (χ0n) is 14.1. The van der Waals surface area contributed by atoms with Crippen molar-refractivity contribution in [1.29, 1.82) is 0 Å². The molecule has 0 unspecified atom stereocenters. The van der Waals surface area contributed by atoms with Crippen LogP contribution < -0.4 is 0 Å². The summed E-state index contributed by atoms with van der Waals surface area (Å²) in [4.78, 5) is 19.4. The fraction of sp³-hybridized carbons (Fsp3) is 0.294. The van der Waals surface area contributed by atoms with Gasteiger partial charge in [-0.1, -0.05) is 11.6 Å². The molecule has 0 aliphatic carbocycles. The lowest BCUT2D eigenvalue weighted by Gasteiger charge is -2.34. The number of thioether (sulfide) groups is 1. The number of aromatic nitrogens is 1. The van der Waals surface area contributed by atoms with Crippen molar-refractivity contribution in [2.45, 2.75) is 9.79 Å². The second-order valence-corrected chi connectivity index (χ2v) is 8.96. The van der Waals surface area contributed by atoms with Crippen LogP contribution in [0.4, 0.5) is 0 Å². The Hall–Kier alpha value is -1.61. The molecule has 26 heavy (non-hydrogen) atoms. The average molecular weight is 412 g/mol. The first kappa shape index (κ1) is 19.2. The van der Waals surface area contributed by atoms with E-state index in [1.165, 1.54) is 34.5 Å². The molecule has 9 heteroatoms. The van der Waals surface area contributed by atoms with Crippen LogP contribution >= 0.6 is 23.4 Å². The Morgan fingerprint density at radius 1 is 1.19 bits per heavy atom. The van der Waals surface area contributed by atoms with E-state index in [1.807, 2.05) is 12.3 Å². The van der Waals surface area contributed by atoms with Crippen LogP contribution in [0.15, 0.2) is 52.5 Å². The number of hydrogen-bond acceptors (Lipinski definition) is 5. The lowest BCUT2D eigenvalue weighted by atomic mass is 10.2. The monoisotopic (exact) mass is 411 g/mol. The van der Waals surface area contributed by atoms with Gasteiger partial charge >= 0.3 is 0 Å². The van der Waals surface area contributed by atoms with Gasteiger partial charge in [0.15, 0.2) is 0 Å². The van der Waals surface area contributed by atoms with Crippen LogP contribution in [-0.2, 0) is 10.0 Å². The van der Waals surface area contributed by atoms with Crippen molar-refractivity contribution in [3.05, 3.63) is 53.3 Å².